The highest BCUT2D eigenvalue weighted by Crippen LogP contribution is 2.43. The molecule has 0 saturated heterocycles. The molecule has 1 aliphatic carbocycles. The van der Waals surface area contributed by atoms with Gasteiger partial charge in [-0.25, -0.2) is 0 Å². The molecule has 0 spiro atoms. The standard InChI is InChI=1S/C28H32N2O3S/c1-19-18-24(20-8-4-2-5-9-20)34-27(19)26(21-10-6-3-7-11-21)30-23-14-12-22(13-15-23)28(33)29-17-16-25(31)32/h2,4-5,8-9,12-15,18,21,26,30H,3,6-7,10-11,16-17H2,1H3,(H,29,33)(H,31,32). The number of anilines is 1. The Morgan fingerprint density at radius 3 is 2.41 bits per heavy atom. The molecule has 0 radical (unpaired) electrons. The molecule has 178 valence electrons. The first-order chi connectivity index (χ1) is 16.5. The maximum atomic E-state index is 12.3. The van der Waals surface area contributed by atoms with E-state index in [1.54, 1.807) is 12.1 Å². The summed E-state index contributed by atoms with van der Waals surface area (Å²) in [5, 5.41) is 15.2. The minimum Gasteiger partial charge on any atom is -0.481 e. The smallest absolute Gasteiger partial charge is 0.305 e. The van der Waals surface area contributed by atoms with E-state index in [1.807, 2.05) is 29.5 Å². The number of nitrogens with one attached hydrogen (secondary N) is 2. The van der Waals surface area contributed by atoms with Crippen molar-refractivity contribution in [3.05, 3.63) is 76.7 Å². The van der Waals surface area contributed by atoms with Crippen LogP contribution in [0.5, 0.6) is 0 Å². The summed E-state index contributed by atoms with van der Waals surface area (Å²) in [6.07, 6.45) is 6.22. The second-order valence-corrected chi connectivity index (χ2v) is 10.1. The maximum absolute atomic E-state index is 12.3. The first-order valence-electron chi connectivity index (χ1n) is 12.0. The van der Waals surface area contributed by atoms with Crippen molar-refractivity contribution in [1.82, 2.24) is 5.32 Å². The number of aryl methyl sites for hydroxylation is 1. The fourth-order valence-corrected chi connectivity index (χ4v) is 6.02. The number of thiophene rings is 1. The van der Waals surface area contributed by atoms with Crippen molar-refractivity contribution in [2.75, 3.05) is 11.9 Å². The summed E-state index contributed by atoms with van der Waals surface area (Å²) in [5.74, 6) is -0.597. The monoisotopic (exact) mass is 476 g/mol. The van der Waals surface area contributed by atoms with Crippen LogP contribution in [0, 0.1) is 12.8 Å². The summed E-state index contributed by atoms with van der Waals surface area (Å²) in [6.45, 7) is 2.33. The molecule has 1 unspecified atom stereocenters. The third-order valence-corrected chi connectivity index (χ3v) is 7.88. The van der Waals surface area contributed by atoms with E-state index in [1.165, 1.54) is 53.0 Å². The van der Waals surface area contributed by atoms with Gasteiger partial charge in [-0.15, -0.1) is 11.3 Å². The summed E-state index contributed by atoms with van der Waals surface area (Å²) >= 11 is 1.88. The molecule has 5 nitrogen and oxygen atoms in total. The summed E-state index contributed by atoms with van der Waals surface area (Å²) in [4.78, 5) is 25.6. The molecule has 1 fully saturated rings. The molecule has 1 aliphatic rings. The van der Waals surface area contributed by atoms with Crippen molar-refractivity contribution in [2.24, 2.45) is 5.92 Å². The second kappa shape index (κ2) is 11.3. The van der Waals surface area contributed by atoms with Gasteiger partial charge in [-0.1, -0.05) is 49.6 Å². The van der Waals surface area contributed by atoms with Crippen LogP contribution in [0.25, 0.3) is 10.4 Å². The van der Waals surface area contributed by atoms with Crippen molar-refractivity contribution in [3.63, 3.8) is 0 Å². The number of hydrogen-bond acceptors (Lipinski definition) is 4. The summed E-state index contributed by atoms with van der Waals surface area (Å²) in [6, 6.07) is 20.6. The van der Waals surface area contributed by atoms with Crippen LogP contribution in [-0.2, 0) is 4.79 Å². The number of carboxylic acid groups (broad SMARTS) is 1. The molecular weight excluding hydrogens is 444 g/mol. The lowest BCUT2D eigenvalue weighted by Crippen LogP contribution is -2.26. The lowest BCUT2D eigenvalue weighted by molar-refractivity contribution is -0.136. The highest BCUT2D eigenvalue weighted by molar-refractivity contribution is 7.15. The van der Waals surface area contributed by atoms with Crippen LogP contribution in [-0.4, -0.2) is 23.5 Å². The number of aliphatic carboxylic acids is 1. The number of amides is 1. The van der Waals surface area contributed by atoms with E-state index in [9.17, 15) is 9.59 Å². The van der Waals surface area contributed by atoms with E-state index in [0.29, 0.717) is 11.5 Å². The van der Waals surface area contributed by atoms with Gasteiger partial charge in [0.1, 0.15) is 0 Å². The van der Waals surface area contributed by atoms with Crippen molar-refractivity contribution in [1.29, 1.82) is 0 Å². The zero-order valence-electron chi connectivity index (χ0n) is 19.5. The minimum absolute atomic E-state index is 0.0837. The first kappa shape index (κ1) is 24.0. The van der Waals surface area contributed by atoms with Crippen LogP contribution in [0.15, 0.2) is 60.7 Å². The van der Waals surface area contributed by atoms with Gasteiger partial charge in [0.15, 0.2) is 0 Å². The van der Waals surface area contributed by atoms with Crippen LogP contribution >= 0.6 is 11.3 Å². The lowest BCUT2D eigenvalue weighted by atomic mass is 9.82. The van der Waals surface area contributed by atoms with Crippen LogP contribution in [0.1, 0.15) is 65.4 Å². The van der Waals surface area contributed by atoms with Gasteiger partial charge in [0.05, 0.1) is 12.5 Å². The van der Waals surface area contributed by atoms with Gasteiger partial charge < -0.3 is 15.7 Å². The Hall–Kier alpha value is -3.12. The topological polar surface area (TPSA) is 78.4 Å². The highest BCUT2D eigenvalue weighted by atomic mass is 32.1. The van der Waals surface area contributed by atoms with E-state index in [2.05, 4.69) is 47.9 Å². The molecule has 1 amide bonds. The van der Waals surface area contributed by atoms with Gasteiger partial charge in [0.2, 0.25) is 0 Å². The zero-order chi connectivity index (χ0) is 23.9. The number of benzene rings is 2. The Morgan fingerprint density at radius 2 is 1.74 bits per heavy atom. The second-order valence-electron chi connectivity index (χ2n) is 9.02. The predicted molar refractivity (Wildman–Crippen MR) is 138 cm³/mol. The minimum atomic E-state index is -0.923. The molecule has 0 bridgehead atoms. The fraction of sp³-hybridized carbons (Fsp3) is 0.357. The lowest BCUT2D eigenvalue weighted by Gasteiger charge is -2.32. The molecule has 34 heavy (non-hydrogen) atoms. The molecule has 4 rings (SSSR count). The third kappa shape index (κ3) is 6.06. The van der Waals surface area contributed by atoms with Gasteiger partial charge in [-0.2, -0.15) is 0 Å². The van der Waals surface area contributed by atoms with E-state index < -0.39 is 5.97 Å². The summed E-state index contributed by atoms with van der Waals surface area (Å²) in [5.41, 5.74) is 4.10. The van der Waals surface area contributed by atoms with Crippen LogP contribution in [0.2, 0.25) is 0 Å². The predicted octanol–water partition coefficient (Wildman–Crippen LogP) is 6.66. The first-order valence-corrected chi connectivity index (χ1v) is 12.9. The third-order valence-electron chi connectivity index (χ3n) is 6.51. The maximum Gasteiger partial charge on any atom is 0.305 e. The Balaban J connectivity index is 1.53. The average molecular weight is 477 g/mol. The van der Waals surface area contributed by atoms with Crippen molar-refractivity contribution >= 4 is 28.9 Å². The number of carbonyl (C=O) groups is 2. The largest absolute Gasteiger partial charge is 0.481 e. The van der Waals surface area contributed by atoms with Crippen LogP contribution < -0.4 is 10.6 Å². The normalized spacial score (nSPS) is 15.0. The average Bonchev–Trinajstić information content (AvgIpc) is 3.25. The number of carboxylic acids is 1. The van der Waals surface area contributed by atoms with Gasteiger partial charge in [0, 0.05) is 27.5 Å². The van der Waals surface area contributed by atoms with Gasteiger partial charge in [-0.3, -0.25) is 9.59 Å². The Labute approximate surface area is 205 Å². The fourth-order valence-electron chi connectivity index (χ4n) is 4.70. The van der Waals surface area contributed by atoms with Crippen molar-refractivity contribution in [3.8, 4) is 10.4 Å². The Morgan fingerprint density at radius 1 is 1.03 bits per heavy atom. The molecule has 0 aliphatic heterocycles. The van der Waals surface area contributed by atoms with E-state index >= 15 is 0 Å². The molecule has 1 saturated carbocycles. The summed E-state index contributed by atoms with van der Waals surface area (Å²) < 4.78 is 0. The molecule has 6 heteroatoms. The highest BCUT2D eigenvalue weighted by Gasteiger charge is 2.28. The SMILES string of the molecule is Cc1cc(-c2ccccc2)sc1C(Nc1ccc(C(=O)NCCC(=O)O)cc1)C1CCCCC1. The van der Waals surface area contributed by atoms with E-state index in [-0.39, 0.29) is 24.9 Å². The molecule has 3 N–H and O–H groups in total. The Kier molecular flexibility index (Phi) is 8.01. The molecule has 1 heterocycles. The zero-order valence-corrected chi connectivity index (χ0v) is 20.4. The van der Waals surface area contributed by atoms with E-state index in [0.717, 1.165) is 5.69 Å². The van der Waals surface area contributed by atoms with Gasteiger partial charge in [0.25, 0.3) is 5.91 Å². The molecule has 3 aromatic rings. The molecule has 2 aromatic carbocycles. The van der Waals surface area contributed by atoms with Gasteiger partial charge >= 0.3 is 5.97 Å². The number of carbonyl (C=O) groups excluding carboxylic acids is 1. The quantitative estimate of drug-likeness (QED) is 0.323. The van der Waals surface area contributed by atoms with Gasteiger partial charge in [-0.05, 0) is 67.1 Å². The van der Waals surface area contributed by atoms with E-state index in [4.69, 9.17) is 5.11 Å². The van der Waals surface area contributed by atoms with Crippen LogP contribution in [0.4, 0.5) is 5.69 Å². The summed E-state index contributed by atoms with van der Waals surface area (Å²) in [7, 11) is 0. The number of rotatable bonds is 9. The van der Waals surface area contributed by atoms with Crippen LogP contribution in [0.3, 0.4) is 0 Å². The van der Waals surface area contributed by atoms with Crippen molar-refractivity contribution in [2.45, 2.75) is 51.5 Å². The molecule has 1 atom stereocenters. The molecular formula is C28H32N2O3S. The van der Waals surface area contributed by atoms with Crippen molar-refractivity contribution < 1.29 is 14.7 Å². The Bertz CT molecular complexity index is 1100. The number of hydrogen-bond donors (Lipinski definition) is 3. The molecule has 1 aromatic heterocycles.